The Bertz CT molecular complexity index is 1310. The van der Waals surface area contributed by atoms with Crippen LogP contribution in [0, 0.1) is 11.3 Å². The van der Waals surface area contributed by atoms with E-state index in [0.717, 1.165) is 5.56 Å². The fraction of sp³-hybridized carbons (Fsp3) is 0.240. The average molecular weight is 473 g/mol. The highest BCUT2D eigenvalue weighted by Crippen LogP contribution is 2.31. The first-order chi connectivity index (χ1) is 16.9. The number of fused-ring (bicyclic) bond motifs is 1. The first-order valence-electron chi connectivity index (χ1n) is 11.0. The van der Waals surface area contributed by atoms with Gasteiger partial charge in [0.25, 0.3) is 5.91 Å². The van der Waals surface area contributed by atoms with Gasteiger partial charge in [0.2, 0.25) is 5.91 Å². The largest absolute Gasteiger partial charge is 0.453 e. The number of ether oxygens (including phenoxy) is 1. The van der Waals surface area contributed by atoms with Crippen LogP contribution >= 0.6 is 0 Å². The second-order valence-corrected chi connectivity index (χ2v) is 8.15. The summed E-state index contributed by atoms with van der Waals surface area (Å²) in [6.07, 6.45) is -0.456. The summed E-state index contributed by atoms with van der Waals surface area (Å²) in [4.78, 5) is 38.9. The maximum absolute atomic E-state index is 13.2. The number of carbonyl (C=O) groups excluding carboxylic acids is 3. The zero-order chi connectivity index (χ0) is 24.9. The van der Waals surface area contributed by atoms with Gasteiger partial charge in [-0.25, -0.2) is 4.79 Å². The predicted molar refractivity (Wildman–Crippen MR) is 127 cm³/mol. The van der Waals surface area contributed by atoms with Crippen molar-refractivity contribution in [1.82, 2.24) is 20.0 Å². The number of nitriles is 1. The molecule has 0 saturated heterocycles. The zero-order valence-electron chi connectivity index (χ0n) is 19.3. The van der Waals surface area contributed by atoms with Gasteiger partial charge in [-0.1, -0.05) is 30.3 Å². The number of methoxy groups -OCH3 is 1. The molecular formula is C25H24N6O4. The van der Waals surface area contributed by atoms with Gasteiger partial charge in [0, 0.05) is 12.1 Å². The van der Waals surface area contributed by atoms with Crippen molar-refractivity contribution < 1.29 is 19.1 Å². The van der Waals surface area contributed by atoms with Crippen molar-refractivity contribution in [3.05, 3.63) is 71.4 Å². The Kier molecular flexibility index (Phi) is 6.78. The zero-order valence-corrected chi connectivity index (χ0v) is 19.3. The number of amides is 3. The minimum Gasteiger partial charge on any atom is -0.453 e. The summed E-state index contributed by atoms with van der Waals surface area (Å²) < 4.78 is 6.32. The maximum atomic E-state index is 13.2. The standard InChI is InChI=1S/C25H24N6O4/c1-16-14-30(15-27-23(32)11-17-6-4-3-5-7-17)24(33)22-12-21(29-31(16)22)19-9-8-18(13-26)10-20(19)28-25(34)35-2/h3-10,12,16H,11,14-15H2,1-2H3,(H,27,32)(H,28,34)/t16-/m0/s1. The summed E-state index contributed by atoms with van der Waals surface area (Å²) in [6, 6.07) is 17.7. The third kappa shape index (κ3) is 5.14. The maximum Gasteiger partial charge on any atom is 0.411 e. The third-order valence-electron chi connectivity index (χ3n) is 5.67. The molecule has 1 atom stereocenters. The van der Waals surface area contributed by atoms with Crippen LogP contribution in [0.3, 0.4) is 0 Å². The highest BCUT2D eigenvalue weighted by Gasteiger charge is 2.31. The smallest absolute Gasteiger partial charge is 0.411 e. The number of hydrogen-bond donors (Lipinski definition) is 2. The molecular weight excluding hydrogens is 448 g/mol. The van der Waals surface area contributed by atoms with Crippen molar-refractivity contribution in [3.63, 3.8) is 0 Å². The topological polar surface area (TPSA) is 129 Å². The summed E-state index contributed by atoms with van der Waals surface area (Å²) in [6.45, 7) is 2.39. The van der Waals surface area contributed by atoms with E-state index in [4.69, 9.17) is 0 Å². The van der Waals surface area contributed by atoms with Gasteiger partial charge in [-0.15, -0.1) is 0 Å². The van der Waals surface area contributed by atoms with E-state index in [9.17, 15) is 19.6 Å². The fourth-order valence-corrected chi connectivity index (χ4v) is 3.93. The van der Waals surface area contributed by atoms with Crippen molar-refractivity contribution in [2.24, 2.45) is 0 Å². The van der Waals surface area contributed by atoms with Crippen LogP contribution in [0.2, 0.25) is 0 Å². The molecule has 3 amide bonds. The van der Waals surface area contributed by atoms with Gasteiger partial charge in [-0.2, -0.15) is 10.4 Å². The lowest BCUT2D eigenvalue weighted by Gasteiger charge is -2.31. The number of rotatable bonds is 6. The molecule has 10 heteroatoms. The number of aromatic nitrogens is 2. The molecule has 1 aromatic heterocycles. The van der Waals surface area contributed by atoms with Gasteiger partial charge in [-0.05, 0) is 36.8 Å². The van der Waals surface area contributed by atoms with E-state index in [2.05, 4.69) is 20.5 Å². The quantitative estimate of drug-likeness (QED) is 0.567. The molecule has 0 unspecified atom stereocenters. The predicted octanol–water partition coefficient (Wildman–Crippen LogP) is 2.93. The Labute approximate surface area is 202 Å². The van der Waals surface area contributed by atoms with Crippen LogP contribution in [-0.4, -0.2) is 52.9 Å². The molecule has 35 heavy (non-hydrogen) atoms. The van der Waals surface area contributed by atoms with Crippen LogP contribution < -0.4 is 10.6 Å². The van der Waals surface area contributed by atoms with Gasteiger partial charge < -0.3 is 15.0 Å². The minimum absolute atomic E-state index is 0.0847. The molecule has 2 aromatic carbocycles. The van der Waals surface area contributed by atoms with Crippen LogP contribution in [0.15, 0.2) is 54.6 Å². The van der Waals surface area contributed by atoms with Gasteiger partial charge in [0.1, 0.15) is 5.69 Å². The molecule has 2 N–H and O–H groups in total. The number of nitrogens with zero attached hydrogens (tertiary/aromatic N) is 4. The number of carbonyl (C=O) groups is 3. The molecule has 10 nitrogen and oxygen atoms in total. The van der Waals surface area contributed by atoms with Crippen LogP contribution in [0.4, 0.5) is 10.5 Å². The van der Waals surface area contributed by atoms with E-state index in [1.165, 1.54) is 13.2 Å². The summed E-state index contributed by atoms with van der Waals surface area (Å²) >= 11 is 0. The fourth-order valence-electron chi connectivity index (χ4n) is 3.93. The molecule has 0 aliphatic carbocycles. The molecule has 1 aliphatic heterocycles. The van der Waals surface area contributed by atoms with Crippen molar-refractivity contribution in [2.75, 3.05) is 25.6 Å². The molecule has 178 valence electrons. The van der Waals surface area contributed by atoms with E-state index >= 15 is 0 Å². The average Bonchev–Trinajstić information content (AvgIpc) is 3.32. The van der Waals surface area contributed by atoms with Crippen molar-refractivity contribution in [1.29, 1.82) is 5.26 Å². The Morgan fingerprint density at radius 1 is 1.20 bits per heavy atom. The summed E-state index contributed by atoms with van der Waals surface area (Å²) in [7, 11) is 1.24. The van der Waals surface area contributed by atoms with Crippen molar-refractivity contribution in [2.45, 2.75) is 19.4 Å². The van der Waals surface area contributed by atoms with E-state index in [1.807, 2.05) is 43.3 Å². The highest BCUT2D eigenvalue weighted by atomic mass is 16.5. The normalized spacial score (nSPS) is 14.6. The summed E-state index contributed by atoms with van der Waals surface area (Å²) in [5, 5.41) is 19.2. The molecule has 0 spiro atoms. The number of benzene rings is 2. The monoisotopic (exact) mass is 472 g/mol. The third-order valence-corrected chi connectivity index (χ3v) is 5.67. The number of hydrogen-bond acceptors (Lipinski definition) is 6. The minimum atomic E-state index is -0.688. The molecule has 0 saturated carbocycles. The lowest BCUT2D eigenvalue weighted by Crippen LogP contribution is -2.48. The van der Waals surface area contributed by atoms with E-state index in [1.54, 1.807) is 27.8 Å². The van der Waals surface area contributed by atoms with Gasteiger partial charge in [-0.3, -0.25) is 19.6 Å². The number of anilines is 1. The van der Waals surface area contributed by atoms with Crippen LogP contribution in [0.5, 0.6) is 0 Å². The molecule has 0 fully saturated rings. The Balaban J connectivity index is 1.53. The van der Waals surface area contributed by atoms with Crippen molar-refractivity contribution in [3.8, 4) is 17.3 Å². The Morgan fingerprint density at radius 3 is 2.69 bits per heavy atom. The molecule has 1 aliphatic rings. The van der Waals surface area contributed by atoms with Crippen LogP contribution in [0.1, 0.15) is 34.6 Å². The molecule has 0 radical (unpaired) electrons. The van der Waals surface area contributed by atoms with Gasteiger partial charge in [0.05, 0.1) is 49.3 Å². The van der Waals surface area contributed by atoms with Crippen LogP contribution in [-0.2, 0) is 16.0 Å². The second kappa shape index (κ2) is 10.1. The van der Waals surface area contributed by atoms with Gasteiger partial charge >= 0.3 is 6.09 Å². The Hall–Kier alpha value is -4.65. The molecule has 0 bridgehead atoms. The summed E-state index contributed by atoms with van der Waals surface area (Å²) in [5.41, 5.74) is 2.96. The van der Waals surface area contributed by atoms with Crippen LogP contribution in [0.25, 0.3) is 11.3 Å². The number of nitrogens with one attached hydrogen (secondary N) is 2. The lowest BCUT2D eigenvalue weighted by atomic mass is 10.1. The van der Waals surface area contributed by atoms with E-state index in [0.29, 0.717) is 34.7 Å². The van der Waals surface area contributed by atoms with Gasteiger partial charge in [0.15, 0.2) is 0 Å². The first-order valence-corrected chi connectivity index (χ1v) is 11.0. The van der Waals surface area contributed by atoms with E-state index < -0.39 is 6.09 Å². The lowest BCUT2D eigenvalue weighted by molar-refractivity contribution is -0.121. The highest BCUT2D eigenvalue weighted by molar-refractivity contribution is 5.96. The van der Waals surface area contributed by atoms with Crippen molar-refractivity contribution >= 4 is 23.6 Å². The Morgan fingerprint density at radius 2 is 1.97 bits per heavy atom. The molecule has 4 rings (SSSR count). The van der Waals surface area contributed by atoms with E-state index in [-0.39, 0.29) is 30.9 Å². The first kappa shape index (κ1) is 23.5. The molecule has 3 aromatic rings. The summed E-state index contributed by atoms with van der Waals surface area (Å²) in [5.74, 6) is -0.439. The molecule has 2 heterocycles. The second-order valence-electron chi connectivity index (χ2n) is 8.15. The SMILES string of the molecule is COC(=O)Nc1cc(C#N)ccc1-c1cc2n(n1)[C@@H](C)CN(CNC(=O)Cc1ccccc1)C2=O.